The van der Waals surface area contributed by atoms with Crippen molar-refractivity contribution in [1.82, 2.24) is 25.6 Å². The SMILES string of the molecule is CCCCCCOc1ccc(-c2cc(-c3ccc(C(F)F)cc3)c(-c3nnn[nH]3)c(=O)[nH]2)c(F)c1. The van der Waals surface area contributed by atoms with Gasteiger partial charge in [-0.25, -0.2) is 18.3 Å². The summed E-state index contributed by atoms with van der Waals surface area (Å²) in [5.41, 5.74) is 0.595. The molecule has 0 amide bonds. The third-order valence-corrected chi connectivity index (χ3v) is 5.59. The van der Waals surface area contributed by atoms with Crippen molar-refractivity contribution in [2.75, 3.05) is 6.61 Å². The van der Waals surface area contributed by atoms with Crippen molar-refractivity contribution in [2.45, 2.75) is 39.0 Å². The van der Waals surface area contributed by atoms with Gasteiger partial charge in [0.15, 0.2) is 5.82 Å². The molecule has 4 rings (SSSR count). The topological polar surface area (TPSA) is 96.6 Å². The van der Waals surface area contributed by atoms with Crippen LogP contribution < -0.4 is 10.3 Å². The molecule has 35 heavy (non-hydrogen) atoms. The van der Waals surface area contributed by atoms with Crippen molar-refractivity contribution in [3.8, 4) is 39.5 Å². The highest BCUT2D eigenvalue weighted by Gasteiger charge is 2.19. The Labute approximate surface area is 199 Å². The smallest absolute Gasteiger partial charge is 0.263 e. The summed E-state index contributed by atoms with van der Waals surface area (Å²) in [5.74, 6) is -0.0740. The van der Waals surface area contributed by atoms with Crippen molar-refractivity contribution in [3.63, 3.8) is 0 Å². The summed E-state index contributed by atoms with van der Waals surface area (Å²) in [5, 5.41) is 13.4. The van der Waals surface area contributed by atoms with Crippen LogP contribution in [0.4, 0.5) is 13.2 Å². The Bertz CT molecular complexity index is 1320. The van der Waals surface area contributed by atoms with E-state index in [0.717, 1.165) is 25.7 Å². The van der Waals surface area contributed by atoms with E-state index in [1.54, 1.807) is 12.1 Å². The molecule has 0 radical (unpaired) electrons. The van der Waals surface area contributed by atoms with Gasteiger partial charge in [0.25, 0.3) is 12.0 Å². The molecule has 0 saturated carbocycles. The number of alkyl halides is 2. The van der Waals surface area contributed by atoms with Gasteiger partial charge in [0.05, 0.1) is 17.9 Å². The molecule has 0 unspecified atom stereocenters. The Hall–Kier alpha value is -3.95. The highest BCUT2D eigenvalue weighted by Crippen LogP contribution is 2.33. The Morgan fingerprint density at radius 2 is 1.80 bits per heavy atom. The lowest BCUT2D eigenvalue weighted by atomic mass is 9.97. The molecule has 182 valence electrons. The molecule has 0 saturated heterocycles. The highest BCUT2D eigenvalue weighted by molar-refractivity contribution is 5.83. The second-order valence-corrected chi connectivity index (χ2v) is 8.02. The van der Waals surface area contributed by atoms with Crippen molar-refractivity contribution in [1.29, 1.82) is 0 Å². The lowest BCUT2D eigenvalue weighted by Gasteiger charge is -2.12. The average molecular weight is 483 g/mol. The van der Waals surface area contributed by atoms with Crippen LogP contribution in [0.15, 0.2) is 53.3 Å². The second kappa shape index (κ2) is 11.0. The molecule has 10 heteroatoms. The number of hydrogen-bond donors (Lipinski definition) is 2. The summed E-state index contributed by atoms with van der Waals surface area (Å²) >= 11 is 0. The van der Waals surface area contributed by atoms with Crippen molar-refractivity contribution in [2.24, 2.45) is 0 Å². The number of H-pyrrole nitrogens is 2. The van der Waals surface area contributed by atoms with Gasteiger partial charge in [0.1, 0.15) is 11.6 Å². The number of tetrazole rings is 1. The molecule has 2 aromatic carbocycles. The van der Waals surface area contributed by atoms with E-state index >= 15 is 4.39 Å². The van der Waals surface area contributed by atoms with Crippen LogP contribution in [0.5, 0.6) is 5.75 Å². The average Bonchev–Trinajstić information content (AvgIpc) is 3.38. The van der Waals surface area contributed by atoms with E-state index in [1.807, 2.05) is 0 Å². The number of rotatable bonds is 10. The van der Waals surface area contributed by atoms with Gasteiger partial charge in [0.2, 0.25) is 0 Å². The molecule has 0 atom stereocenters. The zero-order valence-electron chi connectivity index (χ0n) is 19.0. The summed E-state index contributed by atoms with van der Waals surface area (Å²) in [6, 6.07) is 11.5. The fourth-order valence-corrected chi connectivity index (χ4v) is 3.76. The maximum absolute atomic E-state index is 15.0. The predicted molar refractivity (Wildman–Crippen MR) is 126 cm³/mol. The van der Waals surface area contributed by atoms with Crippen molar-refractivity contribution >= 4 is 0 Å². The van der Waals surface area contributed by atoms with Crippen LogP contribution in [0.25, 0.3) is 33.8 Å². The van der Waals surface area contributed by atoms with Gasteiger partial charge in [-0.2, -0.15) is 0 Å². The van der Waals surface area contributed by atoms with Gasteiger partial charge in [-0.1, -0.05) is 50.5 Å². The van der Waals surface area contributed by atoms with Crippen LogP contribution >= 0.6 is 0 Å². The summed E-state index contributed by atoms with van der Waals surface area (Å²) in [7, 11) is 0. The lowest BCUT2D eigenvalue weighted by Crippen LogP contribution is -2.13. The van der Waals surface area contributed by atoms with Gasteiger partial charge >= 0.3 is 0 Å². The van der Waals surface area contributed by atoms with Gasteiger partial charge in [0, 0.05) is 22.8 Å². The Balaban J connectivity index is 1.71. The third kappa shape index (κ3) is 5.59. The molecule has 0 fully saturated rings. The van der Waals surface area contributed by atoms with Crippen molar-refractivity contribution < 1.29 is 17.9 Å². The number of aromatic nitrogens is 5. The van der Waals surface area contributed by atoms with Crippen LogP contribution in [0.2, 0.25) is 0 Å². The van der Waals surface area contributed by atoms with E-state index in [4.69, 9.17) is 4.74 Å². The fraction of sp³-hybridized carbons (Fsp3) is 0.280. The first-order chi connectivity index (χ1) is 17.0. The number of hydrogen-bond acceptors (Lipinski definition) is 5. The first kappa shape index (κ1) is 24.2. The molecule has 0 spiro atoms. The van der Waals surface area contributed by atoms with E-state index < -0.39 is 17.8 Å². The molecule has 7 nitrogen and oxygen atoms in total. The van der Waals surface area contributed by atoms with Crippen LogP contribution in [-0.4, -0.2) is 32.2 Å². The number of pyridine rings is 1. The second-order valence-electron chi connectivity index (χ2n) is 8.02. The zero-order valence-corrected chi connectivity index (χ0v) is 19.0. The lowest BCUT2D eigenvalue weighted by molar-refractivity contribution is 0.151. The molecule has 4 aromatic rings. The maximum Gasteiger partial charge on any atom is 0.263 e. The normalized spacial score (nSPS) is 11.2. The number of ether oxygens (including phenoxy) is 1. The van der Waals surface area contributed by atoms with Gasteiger partial charge in [-0.15, -0.1) is 5.10 Å². The van der Waals surface area contributed by atoms with Crippen LogP contribution in [0.1, 0.15) is 44.6 Å². The number of benzene rings is 2. The molecule has 2 N–H and O–H groups in total. The van der Waals surface area contributed by atoms with Gasteiger partial charge in [-0.3, -0.25) is 4.79 Å². The minimum absolute atomic E-state index is 0.0954. The van der Waals surface area contributed by atoms with Gasteiger partial charge < -0.3 is 9.72 Å². The summed E-state index contributed by atoms with van der Waals surface area (Å²) in [6.45, 7) is 2.62. The first-order valence-corrected chi connectivity index (χ1v) is 11.3. The standard InChI is InChI=1S/C25H24F3N5O2/c1-2-3-4-5-12-35-17-10-11-18(20(26)13-17)21-14-19(15-6-8-16(9-7-15)23(27)28)22(25(34)29-21)24-30-32-33-31-24/h6-11,13-14,23H,2-5,12H2,1H3,(H,29,34)(H,30,31,32,33). The predicted octanol–water partition coefficient (Wildman–Crippen LogP) is 5.92. The Morgan fingerprint density at radius 1 is 1.00 bits per heavy atom. The van der Waals surface area contributed by atoms with E-state index in [1.165, 1.54) is 36.4 Å². The van der Waals surface area contributed by atoms with E-state index in [2.05, 4.69) is 32.5 Å². The Morgan fingerprint density at radius 3 is 2.46 bits per heavy atom. The minimum atomic E-state index is -2.63. The number of nitrogens with one attached hydrogen (secondary N) is 2. The molecule has 0 aliphatic carbocycles. The zero-order chi connectivity index (χ0) is 24.8. The quantitative estimate of drug-likeness (QED) is 0.273. The number of aromatic amines is 2. The maximum atomic E-state index is 15.0. The molecule has 2 heterocycles. The summed E-state index contributed by atoms with van der Waals surface area (Å²) < 4.78 is 46.7. The van der Waals surface area contributed by atoms with E-state index in [0.29, 0.717) is 23.5 Å². The largest absolute Gasteiger partial charge is 0.493 e. The first-order valence-electron chi connectivity index (χ1n) is 11.3. The molecule has 0 aliphatic rings. The van der Waals surface area contributed by atoms with Crippen LogP contribution in [0, 0.1) is 5.82 Å². The van der Waals surface area contributed by atoms with Crippen LogP contribution in [-0.2, 0) is 0 Å². The molecular weight excluding hydrogens is 459 g/mol. The molecular formula is C25H24F3N5O2. The minimum Gasteiger partial charge on any atom is -0.493 e. The molecule has 2 aromatic heterocycles. The Kier molecular flexibility index (Phi) is 7.59. The monoisotopic (exact) mass is 483 g/mol. The van der Waals surface area contributed by atoms with E-state index in [-0.39, 0.29) is 28.2 Å². The summed E-state index contributed by atoms with van der Waals surface area (Å²) in [6.07, 6.45) is 1.55. The number of unbranched alkanes of at least 4 members (excludes halogenated alkanes) is 3. The molecule has 0 aliphatic heterocycles. The molecule has 0 bridgehead atoms. The summed E-state index contributed by atoms with van der Waals surface area (Å²) in [4.78, 5) is 15.7. The van der Waals surface area contributed by atoms with Crippen LogP contribution in [0.3, 0.4) is 0 Å². The number of nitrogens with zero attached hydrogens (tertiary/aromatic N) is 3. The highest BCUT2D eigenvalue weighted by atomic mass is 19.3. The third-order valence-electron chi connectivity index (χ3n) is 5.59. The fourth-order valence-electron chi connectivity index (χ4n) is 3.76. The number of halogens is 3. The van der Waals surface area contributed by atoms with Crippen molar-refractivity contribution in [3.05, 3.63) is 70.3 Å². The van der Waals surface area contributed by atoms with E-state index in [9.17, 15) is 13.6 Å². The van der Waals surface area contributed by atoms with Gasteiger partial charge in [-0.05, 0) is 40.6 Å².